The Balaban J connectivity index is 2.10. The average molecular weight is 284 g/mol. The van der Waals surface area contributed by atoms with Gasteiger partial charge in [-0.1, -0.05) is 80.6 Å². The Morgan fingerprint density at radius 1 is 0.682 bits per heavy atom. The highest BCUT2D eigenvalue weighted by Crippen LogP contribution is 2.52. The van der Waals surface area contributed by atoms with Crippen LogP contribution in [0.3, 0.4) is 0 Å². The Labute approximate surface area is 132 Å². The van der Waals surface area contributed by atoms with Gasteiger partial charge in [0.1, 0.15) is 0 Å². The fraction of sp³-hybridized carbons (Fsp3) is 0.182. The van der Waals surface area contributed by atoms with Gasteiger partial charge < -0.3 is 0 Å². The van der Waals surface area contributed by atoms with Crippen LogP contribution in [0.2, 0.25) is 0 Å². The molecule has 1 aliphatic rings. The zero-order valence-electron chi connectivity index (χ0n) is 13.4. The van der Waals surface area contributed by atoms with Crippen LogP contribution in [0.4, 0.5) is 0 Å². The summed E-state index contributed by atoms with van der Waals surface area (Å²) in [6.07, 6.45) is 0. The third-order valence-electron chi connectivity index (χ3n) is 4.99. The summed E-state index contributed by atoms with van der Waals surface area (Å²) in [5.41, 5.74) is 9.84. The minimum atomic E-state index is 0.0702. The highest BCUT2D eigenvalue weighted by molar-refractivity contribution is 5.92. The van der Waals surface area contributed by atoms with Gasteiger partial charge in [-0.3, -0.25) is 0 Å². The molecule has 0 unspecified atom stereocenters. The predicted octanol–water partition coefficient (Wildman–Crippen LogP) is 5.97. The van der Waals surface area contributed by atoms with E-state index in [0.717, 1.165) is 0 Å². The Kier molecular flexibility index (Phi) is 2.77. The summed E-state index contributed by atoms with van der Waals surface area (Å²) in [7, 11) is 0. The molecule has 0 heteroatoms. The van der Waals surface area contributed by atoms with Gasteiger partial charge in [0.15, 0.2) is 0 Å². The maximum absolute atomic E-state index is 2.35. The standard InChI is InChI=1S/C22H20/c1-15-9-7-13-18-20-17(16-10-5-4-6-11-16)12-8-14-19(20)22(2,3)21(15)18/h4-14H,1-3H3. The van der Waals surface area contributed by atoms with Crippen molar-refractivity contribution >= 4 is 0 Å². The molecular weight excluding hydrogens is 264 g/mol. The third kappa shape index (κ3) is 1.70. The SMILES string of the molecule is Cc1cccc2c1C(C)(C)c1cccc(-c3ccccc3)c1-2. The molecule has 0 aliphatic heterocycles. The summed E-state index contributed by atoms with van der Waals surface area (Å²) in [6.45, 7) is 6.92. The first-order chi connectivity index (χ1) is 10.6. The minimum Gasteiger partial charge on any atom is -0.0622 e. The maximum Gasteiger partial charge on any atom is 0.0161 e. The van der Waals surface area contributed by atoms with E-state index in [0.29, 0.717) is 0 Å². The Morgan fingerprint density at radius 3 is 2.14 bits per heavy atom. The Morgan fingerprint density at radius 2 is 1.36 bits per heavy atom. The lowest BCUT2D eigenvalue weighted by molar-refractivity contribution is 0.656. The van der Waals surface area contributed by atoms with Crippen LogP contribution in [0.1, 0.15) is 30.5 Å². The summed E-state index contributed by atoms with van der Waals surface area (Å²) in [4.78, 5) is 0. The van der Waals surface area contributed by atoms with Crippen LogP contribution < -0.4 is 0 Å². The van der Waals surface area contributed by atoms with Crippen molar-refractivity contribution in [3.05, 3.63) is 83.4 Å². The van der Waals surface area contributed by atoms with Crippen molar-refractivity contribution in [1.82, 2.24) is 0 Å². The molecule has 0 nitrogen and oxygen atoms in total. The van der Waals surface area contributed by atoms with E-state index in [1.807, 2.05) is 0 Å². The summed E-state index contributed by atoms with van der Waals surface area (Å²) in [6, 6.07) is 24.2. The fourth-order valence-corrected chi connectivity index (χ4v) is 4.06. The number of benzene rings is 3. The Hall–Kier alpha value is -2.34. The van der Waals surface area contributed by atoms with Crippen molar-refractivity contribution in [3.63, 3.8) is 0 Å². The molecule has 0 saturated heterocycles. The third-order valence-corrected chi connectivity index (χ3v) is 4.99. The van der Waals surface area contributed by atoms with Crippen LogP contribution >= 0.6 is 0 Å². The van der Waals surface area contributed by atoms with Crippen molar-refractivity contribution in [3.8, 4) is 22.3 Å². The first-order valence-corrected chi connectivity index (χ1v) is 7.90. The molecule has 3 aromatic rings. The largest absolute Gasteiger partial charge is 0.0622 e. The van der Waals surface area contributed by atoms with Crippen molar-refractivity contribution in [1.29, 1.82) is 0 Å². The van der Waals surface area contributed by atoms with Gasteiger partial charge in [-0.05, 0) is 45.9 Å². The van der Waals surface area contributed by atoms with Gasteiger partial charge in [-0.15, -0.1) is 0 Å². The summed E-state index contributed by atoms with van der Waals surface area (Å²) >= 11 is 0. The molecule has 0 amide bonds. The topological polar surface area (TPSA) is 0 Å². The molecule has 108 valence electrons. The summed E-state index contributed by atoms with van der Waals surface area (Å²) in [5, 5.41) is 0. The first kappa shape index (κ1) is 13.3. The molecule has 1 aliphatic carbocycles. The zero-order chi connectivity index (χ0) is 15.3. The highest BCUT2D eigenvalue weighted by atomic mass is 14.4. The number of aryl methyl sites for hydroxylation is 1. The van der Waals surface area contributed by atoms with Crippen molar-refractivity contribution in [2.75, 3.05) is 0 Å². The van der Waals surface area contributed by atoms with Crippen LogP contribution in [0.5, 0.6) is 0 Å². The van der Waals surface area contributed by atoms with Gasteiger partial charge in [-0.25, -0.2) is 0 Å². The van der Waals surface area contributed by atoms with Gasteiger partial charge in [0.05, 0.1) is 0 Å². The second kappa shape index (κ2) is 4.58. The number of hydrogen-bond donors (Lipinski definition) is 0. The highest BCUT2D eigenvalue weighted by Gasteiger charge is 2.37. The van der Waals surface area contributed by atoms with Crippen molar-refractivity contribution in [2.45, 2.75) is 26.2 Å². The molecule has 0 spiro atoms. The maximum atomic E-state index is 2.35. The number of fused-ring (bicyclic) bond motifs is 3. The van der Waals surface area contributed by atoms with Gasteiger partial charge >= 0.3 is 0 Å². The fourth-order valence-electron chi connectivity index (χ4n) is 4.06. The molecule has 4 rings (SSSR count). The minimum absolute atomic E-state index is 0.0702. The monoisotopic (exact) mass is 284 g/mol. The molecule has 0 heterocycles. The van der Waals surface area contributed by atoms with E-state index in [9.17, 15) is 0 Å². The van der Waals surface area contributed by atoms with E-state index in [1.54, 1.807) is 0 Å². The van der Waals surface area contributed by atoms with Gasteiger partial charge in [0.25, 0.3) is 0 Å². The van der Waals surface area contributed by atoms with E-state index >= 15 is 0 Å². The normalized spacial score (nSPS) is 14.5. The van der Waals surface area contributed by atoms with Gasteiger partial charge in [0.2, 0.25) is 0 Å². The number of rotatable bonds is 1. The van der Waals surface area contributed by atoms with Crippen LogP contribution in [-0.4, -0.2) is 0 Å². The lowest BCUT2D eigenvalue weighted by Gasteiger charge is -2.23. The summed E-state index contributed by atoms with van der Waals surface area (Å²) in [5.74, 6) is 0. The van der Waals surface area contributed by atoms with Crippen LogP contribution in [-0.2, 0) is 5.41 Å². The second-order valence-electron chi connectivity index (χ2n) is 6.72. The molecule has 3 aromatic carbocycles. The zero-order valence-corrected chi connectivity index (χ0v) is 13.4. The van der Waals surface area contributed by atoms with E-state index in [4.69, 9.17) is 0 Å². The van der Waals surface area contributed by atoms with Crippen LogP contribution in [0.15, 0.2) is 66.7 Å². The molecule has 0 fully saturated rings. The molecule has 0 radical (unpaired) electrons. The molecule has 0 bridgehead atoms. The first-order valence-electron chi connectivity index (χ1n) is 7.90. The van der Waals surface area contributed by atoms with E-state index in [2.05, 4.69) is 87.5 Å². The molecule has 0 aromatic heterocycles. The van der Waals surface area contributed by atoms with E-state index < -0.39 is 0 Å². The van der Waals surface area contributed by atoms with Gasteiger partial charge in [-0.2, -0.15) is 0 Å². The molecule has 0 saturated carbocycles. The number of hydrogen-bond acceptors (Lipinski definition) is 0. The van der Waals surface area contributed by atoms with Crippen molar-refractivity contribution in [2.24, 2.45) is 0 Å². The Bertz CT molecular complexity index is 854. The molecule has 0 atom stereocenters. The lowest BCUT2D eigenvalue weighted by atomic mass is 9.80. The molecule has 0 N–H and O–H groups in total. The van der Waals surface area contributed by atoms with E-state index in [-0.39, 0.29) is 5.41 Å². The van der Waals surface area contributed by atoms with Crippen LogP contribution in [0, 0.1) is 6.92 Å². The average Bonchev–Trinajstić information content (AvgIpc) is 2.78. The summed E-state index contributed by atoms with van der Waals surface area (Å²) < 4.78 is 0. The van der Waals surface area contributed by atoms with Crippen LogP contribution in [0.25, 0.3) is 22.3 Å². The lowest BCUT2D eigenvalue weighted by Crippen LogP contribution is -2.16. The van der Waals surface area contributed by atoms with Gasteiger partial charge in [0, 0.05) is 5.41 Å². The quantitative estimate of drug-likeness (QED) is 0.516. The molecule has 22 heavy (non-hydrogen) atoms. The predicted molar refractivity (Wildman–Crippen MR) is 94.2 cm³/mol. The second-order valence-corrected chi connectivity index (χ2v) is 6.72. The molecular formula is C22H20. The van der Waals surface area contributed by atoms with Crippen molar-refractivity contribution < 1.29 is 0 Å². The van der Waals surface area contributed by atoms with E-state index in [1.165, 1.54) is 38.9 Å². The smallest absolute Gasteiger partial charge is 0.0161 e.